The zero-order valence-corrected chi connectivity index (χ0v) is 12.5. The number of aromatic nitrogens is 3. The van der Waals surface area contributed by atoms with Crippen molar-refractivity contribution in [3.8, 4) is 5.88 Å². The Bertz CT molecular complexity index is 624. The minimum atomic E-state index is -0.0234. The molecule has 0 bridgehead atoms. The van der Waals surface area contributed by atoms with Crippen molar-refractivity contribution in [2.75, 3.05) is 27.1 Å². The molecular formula is C13H17ClN4O2. The molecule has 0 atom stereocenters. The Labute approximate surface area is 122 Å². The number of alkyl halides is 1. The van der Waals surface area contributed by atoms with Gasteiger partial charge in [0.25, 0.3) is 0 Å². The van der Waals surface area contributed by atoms with Crippen LogP contribution in [0.15, 0.2) is 12.1 Å². The lowest BCUT2D eigenvalue weighted by atomic mass is 10.4. The molecule has 0 unspecified atom stereocenters. The number of likely N-dealkylation sites (N-methyl/N-ethyl adjacent to an activating group) is 1. The van der Waals surface area contributed by atoms with E-state index in [4.69, 9.17) is 16.3 Å². The number of halogens is 1. The van der Waals surface area contributed by atoms with Gasteiger partial charge in [-0.3, -0.25) is 4.79 Å². The Kier molecular flexibility index (Phi) is 4.44. The maximum Gasteiger partial charge on any atom is 0.242 e. The molecule has 0 fully saturated rings. The predicted octanol–water partition coefficient (Wildman–Crippen LogP) is 1.31. The zero-order valence-electron chi connectivity index (χ0n) is 11.8. The van der Waals surface area contributed by atoms with Crippen molar-refractivity contribution >= 4 is 28.7 Å². The standard InChI is InChI=1S/C13H17ClN4O2/c1-17(2)12(19)8-18-10(6-7-14)15-9-4-5-11(20-3)16-13(9)18/h4-5H,6-8H2,1-3H3. The lowest BCUT2D eigenvalue weighted by Gasteiger charge is -2.12. The predicted molar refractivity (Wildman–Crippen MR) is 77.2 cm³/mol. The van der Waals surface area contributed by atoms with E-state index in [0.717, 1.165) is 11.3 Å². The molecule has 2 rings (SSSR count). The van der Waals surface area contributed by atoms with Crippen LogP contribution in [0.2, 0.25) is 0 Å². The Morgan fingerprint density at radius 2 is 2.15 bits per heavy atom. The van der Waals surface area contributed by atoms with Gasteiger partial charge in [0.05, 0.1) is 7.11 Å². The van der Waals surface area contributed by atoms with Gasteiger partial charge in [-0.1, -0.05) is 0 Å². The molecule has 0 aliphatic carbocycles. The maximum atomic E-state index is 12.0. The zero-order chi connectivity index (χ0) is 14.7. The molecule has 0 saturated heterocycles. The van der Waals surface area contributed by atoms with E-state index >= 15 is 0 Å². The highest BCUT2D eigenvalue weighted by atomic mass is 35.5. The van der Waals surface area contributed by atoms with Gasteiger partial charge in [0.2, 0.25) is 11.8 Å². The highest BCUT2D eigenvalue weighted by Gasteiger charge is 2.16. The quantitative estimate of drug-likeness (QED) is 0.781. The van der Waals surface area contributed by atoms with Gasteiger partial charge in [-0.05, 0) is 6.07 Å². The summed E-state index contributed by atoms with van der Waals surface area (Å²) in [6.07, 6.45) is 0.584. The van der Waals surface area contributed by atoms with Crippen molar-refractivity contribution in [2.45, 2.75) is 13.0 Å². The SMILES string of the molecule is COc1ccc2nc(CCCl)n(CC(=O)N(C)C)c2n1. The summed E-state index contributed by atoms with van der Waals surface area (Å²) < 4.78 is 6.92. The van der Waals surface area contributed by atoms with Crippen molar-refractivity contribution in [2.24, 2.45) is 0 Å². The van der Waals surface area contributed by atoms with Crippen LogP contribution in [0.4, 0.5) is 0 Å². The number of nitrogens with zero attached hydrogens (tertiary/aromatic N) is 4. The van der Waals surface area contributed by atoms with Crippen LogP contribution in [-0.4, -0.2) is 52.4 Å². The second-order valence-electron chi connectivity index (χ2n) is 4.54. The Hall–Kier alpha value is -1.82. The molecule has 2 aromatic heterocycles. The largest absolute Gasteiger partial charge is 0.481 e. The number of imidazole rings is 1. The Balaban J connectivity index is 2.50. The van der Waals surface area contributed by atoms with Crippen LogP contribution in [0.5, 0.6) is 5.88 Å². The first-order chi connectivity index (χ1) is 9.56. The summed E-state index contributed by atoms with van der Waals surface area (Å²) in [6.45, 7) is 0.190. The van der Waals surface area contributed by atoms with Gasteiger partial charge < -0.3 is 14.2 Å². The number of hydrogen-bond donors (Lipinski definition) is 0. The van der Waals surface area contributed by atoms with E-state index in [-0.39, 0.29) is 12.5 Å². The molecule has 0 radical (unpaired) electrons. The van der Waals surface area contributed by atoms with E-state index in [2.05, 4.69) is 9.97 Å². The molecule has 0 aromatic carbocycles. The molecule has 0 N–H and O–H groups in total. The number of rotatable bonds is 5. The lowest BCUT2D eigenvalue weighted by molar-refractivity contribution is -0.129. The summed E-state index contributed by atoms with van der Waals surface area (Å²) in [6, 6.07) is 3.58. The molecule has 7 heteroatoms. The van der Waals surface area contributed by atoms with Crippen LogP contribution in [-0.2, 0) is 17.8 Å². The van der Waals surface area contributed by atoms with Crippen molar-refractivity contribution in [1.29, 1.82) is 0 Å². The van der Waals surface area contributed by atoms with E-state index < -0.39 is 0 Å². The second kappa shape index (κ2) is 6.09. The van der Waals surface area contributed by atoms with Gasteiger partial charge in [-0.15, -0.1) is 11.6 Å². The van der Waals surface area contributed by atoms with Crippen LogP contribution < -0.4 is 4.74 Å². The van der Waals surface area contributed by atoms with Crippen molar-refractivity contribution in [3.63, 3.8) is 0 Å². The molecule has 0 aliphatic heterocycles. The smallest absolute Gasteiger partial charge is 0.242 e. The van der Waals surface area contributed by atoms with Gasteiger partial charge in [0, 0.05) is 32.5 Å². The number of carbonyl (C=O) groups excluding carboxylic acids is 1. The molecule has 1 amide bonds. The molecule has 2 heterocycles. The molecule has 2 aromatic rings. The van der Waals surface area contributed by atoms with Crippen molar-refractivity contribution in [3.05, 3.63) is 18.0 Å². The van der Waals surface area contributed by atoms with Gasteiger partial charge in [0.15, 0.2) is 5.65 Å². The van der Waals surface area contributed by atoms with Crippen LogP contribution >= 0.6 is 11.6 Å². The first kappa shape index (κ1) is 14.6. The summed E-state index contributed by atoms with van der Waals surface area (Å²) in [5, 5.41) is 0. The number of pyridine rings is 1. The van der Waals surface area contributed by atoms with Gasteiger partial charge >= 0.3 is 0 Å². The highest BCUT2D eigenvalue weighted by Crippen LogP contribution is 2.19. The summed E-state index contributed by atoms with van der Waals surface area (Å²) in [7, 11) is 4.99. The molecule has 6 nitrogen and oxygen atoms in total. The third-order valence-corrected chi connectivity index (χ3v) is 3.15. The van der Waals surface area contributed by atoms with E-state index in [1.807, 2.05) is 6.07 Å². The fraction of sp³-hybridized carbons (Fsp3) is 0.462. The number of aryl methyl sites for hydroxylation is 1. The molecule has 20 heavy (non-hydrogen) atoms. The molecule has 0 aliphatic rings. The first-order valence-electron chi connectivity index (χ1n) is 6.23. The third-order valence-electron chi connectivity index (χ3n) is 2.97. The summed E-state index contributed by atoms with van der Waals surface area (Å²) in [5.41, 5.74) is 1.37. The van der Waals surface area contributed by atoms with E-state index in [9.17, 15) is 4.79 Å². The highest BCUT2D eigenvalue weighted by molar-refractivity contribution is 6.17. The molecule has 108 valence electrons. The van der Waals surface area contributed by atoms with E-state index in [0.29, 0.717) is 23.8 Å². The maximum absolute atomic E-state index is 12.0. The van der Waals surface area contributed by atoms with E-state index in [1.54, 1.807) is 31.8 Å². The number of methoxy groups -OCH3 is 1. The number of fused-ring (bicyclic) bond motifs is 1. The fourth-order valence-corrected chi connectivity index (χ4v) is 2.03. The first-order valence-corrected chi connectivity index (χ1v) is 6.76. The van der Waals surface area contributed by atoms with E-state index in [1.165, 1.54) is 4.90 Å². The van der Waals surface area contributed by atoms with Crippen molar-refractivity contribution < 1.29 is 9.53 Å². The normalized spacial score (nSPS) is 10.8. The van der Waals surface area contributed by atoms with Gasteiger partial charge in [-0.2, -0.15) is 4.98 Å². The van der Waals surface area contributed by atoms with Crippen LogP contribution in [0.1, 0.15) is 5.82 Å². The molecule has 0 spiro atoms. The Morgan fingerprint density at radius 1 is 1.40 bits per heavy atom. The monoisotopic (exact) mass is 296 g/mol. The van der Waals surface area contributed by atoms with Crippen LogP contribution in [0.3, 0.4) is 0 Å². The van der Waals surface area contributed by atoms with Gasteiger partial charge in [0.1, 0.15) is 17.9 Å². The van der Waals surface area contributed by atoms with Crippen molar-refractivity contribution in [1.82, 2.24) is 19.4 Å². The average Bonchev–Trinajstić information content (AvgIpc) is 2.76. The Morgan fingerprint density at radius 3 is 2.75 bits per heavy atom. The minimum Gasteiger partial charge on any atom is -0.481 e. The fourth-order valence-electron chi connectivity index (χ4n) is 1.86. The molecule has 0 saturated carbocycles. The third kappa shape index (κ3) is 2.85. The minimum absolute atomic E-state index is 0.0234. The second-order valence-corrected chi connectivity index (χ2v) is 4.92. The van der Waals surface area contributed by atoms with Gasteiger partial charge in [-0.25, -0.2) is 4.98 Å². The summed E-state index contributed by atoms with van der Waals surface area (Å²) in [5.74, 6) is 1.67. The number of ether oxygens (including phenoxy) is 1. The summed E-state index contributed by atoms with van der Waals surface area (Å²) in [4.78, 5) is 22.3. The lowest BCUT2D eigenvalue weighted by Crippen LogP contribution is -2.27. The number of hydrogen-bond acceptors (Lipinski definition) is 4. The van der Waals surface area contributed by atoms with Crippen LogP contribution in [0, 0.1) is 0 Å². The topological polar surface area (TPSA) is 60.3 Å². The average molecular weight is 297 g/mol. The number of amides is 1. The number of carbonyl (C=O) groups is 1. The van der Waals surface area contributed by atoms with Crippen LogP contribution in [0.25, 0.3) is 11.2 Å². The molecular weight excluding hydrogens is 280 g/mol. The summed E-state index contributed by atoms with van der Waals surface area (Å²) >= 11 is 5.80.